The molecule has 0 aliphatic rings. The standard InChI is InChI=1S/C6H7N3/c1-2-6-3-8-9(4-6)5-7/h3-4H,2H2,1H3. The summed E-state index contributed by atoms with van der Waals surface area (Å²) >= 11 is 0. The van der Waals surface area contributed by atoms with Gasteiger partial charge in [0.1, 0.15) is 0 Å². The molecule has 0 atom stereocenters. The third kappa shape index (κ3) is 1.08. The first-order chi connectivity index (χ1) is 4.36. The molecule has 0 saturated carbocycles. The number of hydrogen-bond acceptors (Lipinski definition) is 2. The Balaban J connectivity index is 2.90. The summed E-state index contributed by atoms with van der Waals surface area (Å²) in [6.45, 7) is 2.03. The fourth-order valence-electron chi connectivity index (χ4n) is 0.597. The van der Waals surface area contributed by atoms with Gasteiger partial charge in [-0.05, 0) is 12.0 Å². The van der Waals surface area contributed by atoms with Crippen molar-refractivity contribution in [2.75, 3.05) is 0 Å². The zero-order valence-corrected chi connectivity index (χ0v) is 5.20. The van der Waals surface area contributed by atoms with Gasteiger partial charge in [0.05, 0.1) is 6.20 Å². The summed E-state index contributed by atoms with van der Waals surface area (Å²) in [5.74, 6) is 0. The molecule has 1 aromatic rings. The van der Waals surface area contributed by atoms with Crippen molar-refractivity contribution in [3.63, 3.8) is 0 Å². The molecule has 0 radical (unpaired) electrons. The summed E-state index contributed by atoms with van der Waals surface area (Å²) in [5.41, 5.74) is 1.09. The van der Waals surface area contributed by atoms with Gasteiger partial charge in [-0.3, -0.25) is 0 Å². The lowest BCUT2D eigenvalue weighted by molar-refractivity contribution is 0.897. The average Bonchev–Trinajstić information content (AvgIpc) is 2.34. The number of aryl methyl sites for hydroxylation is 1. The maximum Gasteiger partial charge on any atom is 0.206 e. The van der Waals surface area contributed by atoms with Gasteiger partial charge in [0.25, 0.3) is 0 Å². The molecule has 0 bridgehead atoms. The lowest BCUT2D eigenvalue weighted by Crippen LogP contribution is -1.84. The molecule has 1 heterocycles. The van der Waals surface area contributed by atoms with Crippen LogP contribution in [0.5, 0.6) is 0 Å². The molecule has 0 aliphatic heterocycles. The van der Waals surface area contributed by atoms with E-state index in [1.807, 2.05) is 13.1 Å². The van der Waals surface area contributed by atoms with E-state index in [1.54, 1.807) is 12.4 Å². The van der Waals surface area contributed by atoms with E-state index in [4.69, 9.17) is 5.26 Å². The van der Waals surface area contributed by atoms with Crippen LogP contribution in [-0.2, 0) is 6.42 Å². The molecule has 0 fully saturated rings. The minimum Gasteiger partial charge on any atom is -0.174 e. The van der Waals surface area contributed by atoms with Crippen molar-refractivity contribution in [1.82, 2.24) is 9.78 Å². The van der Waals surface area contributed by atoms with Crippen LogP contribution in [-0.4, -0.2) is 9.78 Å². The van der Waals surface area contributed by atoms with Crippen molar-refractivity contribution in [3.05, 3.63) is 18.0 Å². The molecular formula is C6H7N3. The van der Waals surface area contributed by atoms with Crippen LogP contribution in [0.15, 0.2) is 12.4 Å². The second kappa shape index (κ2) is 2.31. The zero-order valence-electron chi connectivity index (χ0n) is 5.20. The summed E-state index contributed by atoms with van der Waals surface area (Å²) in [6.07, 6.45) is 6.24. The van der Waals surface area contributed by atoms with Gasteiger partial charge in [0, 0.05) is 6.20 Å². The van der Waals surface area contributed by atoms with E-state index in [1.165, 1.54) is 4.68 Å². The molecule has 0 amide bonds. The molecule has 46 valence electrons. The Kier molecular flexibility index (Phi) is 1.50. The van der Waals surface area contributed by atoms with Crippen LogP contribution in [0, 0.1) is 11.5 Å². The molecular weight excluding hydrogens is 114 g/mol. The molecule has 1 aromatic heterocycles. The second-order valence-electron chi connectivity index (χ2n) is 1.75. The van der Waals surface area contributed by atoms with Gasteiger partial charge in [-0.2, -0.15) is 15.0 Å². The number of hydrogen-bond donors (Lipinski definition) is 0. The van der Waals surface area contributed by atoms with Gasteiger partial charge in [0.2, 0.25) is 6.19 Å². The molecule has 0 aromatic carbocycles. The van der Waals surface area contributed by atoms with Crippen LogP contribution in [0.3, 0.4) is 0 Å². The van der Waals surface area contributed by atoms with Crippen molar-refractivity contribution in [1.29, 1.82) is 5.26 Å². The van der Waals surface area contributed by atoms with Crippen LogP contribution in [0.2, 0.25) is 0 Å². The number of nitriles is 1. The van der Waals surface area contributed by atoms with E-state index >= 15 is 0 Å². The fourth-order valence-corrected chi connectivity index (χ4v) is 0.597. The van der Waals surface area contributed by atoms with Crippen LogP contribution in [0.25, 0.3) is 0 Å². The highest BCUT2D eigenvalue weighted by Crippen LogP contribution is 1.95. The molecule has 0 N–H and O–H groups in total. The topological polar surface area (TPSA) is 41.6 Å². The molecule has 0 aliphatic carbocycles. The zero-order chi connectivity index (χ0) is 6.69. The first-order valence-electron chi connectivity index (χ1n) is 2.80. The van der Waals surface area contributed by atoms with Gasteiger partial charge < -0.3 is 0 Å². The minimum absolute atomic E-state index is 0.932. The Labute approximate surface area is 53.5 Å². The Morgan fingerprint density at radius 3 is 3.00 bits per heavy atom. The van der Waals surface area contributed by atoms with Crippen LogP contribution < -0.4 is 0 Å². The first kappa shape index (κ1) is 5.83. The maximum atomic E-state index is 8.30. The Hall–Kier alpha value is -1.30. The van der Waals surface area contributed by atoms with Gasteiger partial charge in [0.15, 0.2) is 0 Å². The average molecular weight is 121 g/mol. The molecule has 0 spiro atoms. The Morgan fingerprint density at radius 1 is 1.89 bits per heavy atom. The third-order valence-electron chi connectivity index (χ3n) is 1.15. The molecule has 0 unspecified atom stereocenters. The largest absolute Gasteiger partial charge is 0.206 e. The molecule has 1 rings (SSSR count). The predicted octanol–water partition coefficient (Wildman–Crippen LogP) is 0.775. The van der Waals surface area contributed by atoms with Crippen molar-refractivity contribution < 1.29 is 0 Å². The van der Waals surface area contributed by atoms with E-state index in [0.717, 1.165) is 12.0 Å². The van der Waals surface area contributed by atoms with E-state index in [2.05, 4.69) is 5.10 Å². The highest BCUT2D eigenvalue weighted by Gasteiger charge is 1.91. The van der Waals surface area contributed by atoms with Crippen molar-refractivity contribution in [2.24, 2.45) is 0 Å². The van der Waals surface area contributed by atoms with E-state index in [-0.39, 0.29) is 0 Å². The van der Waals surface area contributed by atoms with E-state index in [9.17, 15) is 0 Å². The van der Waals surface area contributed by atoms with Gasteiger partial charge in [-0.1, -0.05) is 6.92 Å². The Morgan fingerprint density at radius 2 is 2.67 bits per heavy atom. The lowest BCUT2D eigenvalue weighted by atomic mass is 10.3. The van der Waals surface area contributed by atoms with Gasteiger partial charge in [-0.15, -0.1) is 0 Å². The SMILES string of the molecule is CCc1cnn(C#N)c1. The Bertz CT molecular complexity index is 231. The smallest absolute Gasteiger partial charge is 0.174 e. The van der Waals surface area contributed by atoms with Crippen molar-refractivity contribution in [3.8, 4) is 6.19 Å². The molecule has 3 nitrogen and oxygen atoms in total. The van der Waals surface area contributed by atoms with E-state index in [0.29, 0.717) is 0 Å². The number of nitrogens with zero attached hydrogens (tertiary/aromatic N) is 3. The first-order valence-corrected chi connectivity index (χ1v) is 2.80. The van der Waals surface area contributed by atoms with Gasteiger partial charge >= 0.3 is 0 Å². The normalized spacial score (nSPS) is 8.89. The highest BCUT2D eigenvalue weighted by atomic mass is 15.3. The number of rotatable bonds is 1. The monoisotopic (exact) mass is 121 g/mol. The number of aromatic nitrogens is 2. The van der Waals surface area contributed by atoms with Crippen LogP contribution in [0.4, 0.5) is 0 Å². The van der Waals surface area contributed by atoms with Gasteiger partial charge in [-0.25, -0.2) is 0 Å². The maximum absolute atomic E-state index is 8.30. The predicted molar refractivity (Wildman–Crippen MR) is 32.6 cm³/mol. The summed E-state index contributed by atoms with van der Waals surface area (Å²) in [6, 6.07) is 0. The van der Waals surface area contributed by atoms with Crippen molar-refractivity contribution in [2.45, 2.75) is 13.3 Å². The highest BCUT2D eigenvalue weighted by molar-refractivity contribution is 5.05. The molecule has 0 saturated heterocycles. The minimum atomic E-state index is 0.932. The summed E-state index contributed by atoms with van der Waals surface area (Å²) in [5, 5.41) is 12.1. The van der Waals surface area contributed by atoms with Crippen molar-refractivity contribution >= 4 is 0 Å². The quantitative estimate of drug-likeness (QED) is 0.550. The summed E-state index contributed by atoms with van der Waals surface area (Å²) in [4.78, 5) is 0. The van der Waals surface area contributed by atoms with E-state index < -0.39 is 0 Å². The summed E-state index contributed by atoms with van der Waals surface area (Å²) < 4.78 is 1.25. The van der Waals surface area contributed by atoms with Crippen LogP contribution >= 0.6 is 0 Å². The lowest BCUT2D eigenvalue weighted by Gasteiger charge is -1.79. The summed E-state index contributed by atoms with van der Waals surface area (Å²) in [7, 11) is 0. The fraction of sp³-hybridized carbons (Fsp3) is 0.333. The second-order valence-corrected chi connectivity index (χ2v) is 1.75. The molecule has 9 heavy (non-hydrogen) atoms. The van der Waals surface area contributed by atoms with Crippen LogP contribution in [0.1, 0.15) is 12.5 Å². The third-order valence-corrected chi connectivity index (χ3v) is 1.15. The molecule has 3 heteroatoms.